The van der Waals surface area contributed by atoms with Crippen LogP contribution in [0.2, 0.25) is 0 Å². The lowest BCUT2D eigenvalue weighted by Crippen LogP contribution is -2.30. The van der Waals surface area contributed by atoms with Crippen molar-refractivity contribution < 1.29 is 9.53 Å². The van der Waals surface area contributed by atoms with Gasteiger partial charge in [0.25, 0.3) is 5.91 Å². The van der Waals surface area contributed by atoms with Gasteiger partial charge < -0.3 is 9.64 Å². The van der Waals surface area contributed by atoms with Crippen LogP contribution in [0.4, 0.5) is 0 Å². The Hall–Kier alpha value is -3.08. The average Bonchev–Trinajstić information content (AvgIpc) is 3.15. The first-order valence-corrected chi connectivity index (χ1v) is 8.70. The van der Waals surface area contributed by atoms with Gasteiger partial charge in [-0.2, -0.15) is 5.10 Å². The maximum atomic E-state index is 12.3. The second kappa shape index (κ2) is 8.34. The highest BCUT2D eigenvalue weighted by Gasteiger charge is 2.12. The predicted octanol–water partition coefficient (Wildman–Crippen LogP) is 3.47. The minimum atomic E-state index is -0.0722. The number of para-hydroxylation sites is 1. The first-order valence-electron chi connectivity index (χ1n) is 8.70. The van der Waals surface area contributed by atoms with Crippen molar-refractivity contribution in [2.24, 2.45) is 0 Å². The summed E-state index contributed by atoms with van der Waals surface area (Å²) in [6.45, 7) is 2.62. The van der Waals surface area contributed by atoms with Crippen molar-refractivity contribution in [1.82, 2.24) is 14.7 Å². The standard InChI is InChI=1S/C21H23N3O2/c1-3-17-9-11-20(12-10-17)26-16-21(25)23(2)14-18-13-22-24(15-18)19-7-5-4-6-8-19/h4-13,15H,3,14,16H2,1-2H3. The van der Waals surface area contributed by atoms with Gasteiger partial charge in [-0.3, -0.25) is 4.79 Å². The number of aromatic nitrogens is 2. The molecular formula is C21H23N3O2. The van der Waals surface area contributed by atoms with Gasteiger partial charge in [0.15, 0.2) is 6.61 Å². The van der Waals surface area contributed by atoms with E-state index in [9.17, 15) is 4.79 Å². The SMILES string of the molecule is CCc1ccc(OCC(=O)N(C)Cc2cnn(-c3ccccc3)c2)cc1. The van der Waals surface area contributed by atoms with E-state index in [0.717, 1.165) is 17.7 Å². The lowest BCUT2D eigenvalue weighted by molar-refractivity contribution is -0.132. The van der Waals surface area contributed by atoms with Crippen LogP contribution in [0.5, 0.6) is 5.75 Å². The van der Waals surface area contributed by atoms with Crippen LogP contribution in [0.1, 0.15) is 18.1 Å². The number of rotatable bonds is 7. The van der Waals surface area contributed by atoms with Gasteiger partial charge in [-0.05, 0) is 36.2 Å². The fourth-order valence-electron chi connectivity index (χ4n) is 2.60. The van der Waals surface area contributed by atoms with Crippen molar-refractivity contribution in [3.8, 4) is 11.4 Å². The monoisotopic (exact) mass is 349 g/mol. The molecule has 0 aliphatic heterocycles. The Kier molecular flexibility index (Phi) is 5.69. The van der Waals surface area contributed by atoms with Gasteiger partial charge in [0, 0.05) is 25.4 Å². The van der Waals surface area contributed by atoms with Crippen molar-refractivity contribution in [2.45, 2.75) is 19.9 Å². The van der Waals surface area contributed by atoms with Crippen molar-refractivity contribution in [3.05, 3.63) is 78.1 Å². The van der Waals surface area contributed by atoms with Crippen LogP contribution in [-0.2, 0) is 17.8 Å². The molecule has 5 heteroatoms. The normalized spacial score (nSPS) is 10.5. The molecule has 0 unspecified atom stereocenters. The van der Waals surface area contributed by atoms with E-state index in [2.05, 4.69) is 12.0 Å². The molecule has 0 aliphatic carbocycles. The summed E-state index contributed by atoms with van der Waals surface area (Å²) in [7, 11) is 1.77. The van der Waals surface area contributed by atoms with Gasteiger partial charge in [-0.1, -0.05) is 37.3 Å². The van der Waals surface area contributed by atoms with Gasteiger partial charge in [0.05, 0.1) is 11.9 Å². The van der Waals surface area contributed by atoms with Gasteiger partial charge in [0.2, 0.25) is 0 Å². The molecule has 0 N–H and O–H groups in total. The summed E-state index contributed by atoms with van der Waals surface area (Å²) in [6, 6.07) is 17.7. The molecule has 134 valence electrons. The van der Waals surface area contributed by atoms with Gasteiger partial charge in [-0.15, -0.1) is 0 Å². The number of aryl methyl sites for hydroxylation is 1. The summed E-state index contributed by atoms with van der Waals surface area (Å²) in [6.07, 6.45) is 4.70. The van der Waals surface area contributed by atoms with Crippen LogP contribution in [-0.4, -0.2) is 34.2 Å². The van der Waals surface area contributed by atoms with Gasteiger partial charge >= 0.3 is 0 Å². The highest BCUT2D eigenvalue weighted by molar-refractivity contribution is 5.77. The summed E-state index contributed by atoms with van der Waals surface area (Å²) in [4.78, 5) is 13.9. The topological polar surface area (TPSA) is 47.4 Å². The molecular weight excluding hydrogens is 326 g/mol. The highest BCUT2D eigenvalue weighted by Crippen LogP contribution is 2.13. The minimum Gasteiger partial charge on any atom is -0.484 e. The third-order valence-corrected chi connectivity index (χ3v) is 4.20. The summed E-state index contributed by atoms with van der Waals surface area (Å²) < 4.78 is 7.39. The van der Waals surface area contributed by atoms with Gasteiger partial charge in [0.1, 0.15) is 5.75 Å². The number of hydrogen-bond donors (Lipinski definition) is 0. The molecule has 1 heterocycles. The van der Waals surface area contributed by atoms with Crippen LogP contribution < -0.4 is 4.74 Å². The zero-order chi connectivity index (χ0) is 18.4. The Morgan fingerprint density at radius 1 is 1.08 bits per heavy atom. The molecule has 0 fully saturated rings. The zero-order valence-electron chi connectivity index (χ0n) is 15.1. The first-order chi connectivity index (χ1) is 12.7. The number of carbonyl (C=O) groups excluding carboxylic acids is 1. The number of likely N-dealkylation sites (N-methyl/N-ethyl adjacent to an activating group) is 1. The lowest BCUT2D eigenvalue weighted by Gasteiger charge is -2.16. The highest BCUT2D eigenvalue weighted by atomic mass is 16.5. The third-order valence-electron chi connectivity index (χ3n) is 4.20. The van der Waals surface area contributed by atoms with E-state index >= 15 is 0 Å². The van der Waals surface area contributed by atoms with Crippen molar-refractivity contribution in [2.75, 3.05) is 13.7 Å². The molecule has 0 aliphatic rings. The fourth-order valence-corrected chi connectivity index (χ4v) is 2.60. The molecule has 0 saturated heterocycles. The van der Waals surface area contributed by atoms with Crippen LogP contribution in [0.3, 0.4) is 0 Å². The Morgan fingerprint density at radius 2 is 1.81 bits per heavy atom. The number of carbonyl (C=O) groups is 1. The van der Waals surface area contributed by atoms with E-state index in [4.69, 9.17) is 4.74 Å². The van der Waals surface area contributed by atoms with E-state index in [1.807, 2.05) is 60.8 Å². The van der Waals surface area contributed by atoms with E-state index in [1.165, 1.54) is 5.56 Å². The molecule has 0 spiro atoms. The quantitative estimate of drug-likeness (QED) is 0.656. The molecule has 0 atom stereocenters. The molecule has 2 aromatic carbocycles. The van der Waals surface area contributed by atoms with Crippen LogP contribution in [0.25, 0.3) is 5.69 Å². The number of benzene rings is 2. The second-order valence-corrected chi connectivity index (χ2v) is 6.16. The first kappa shape index (κ1) is 17.7. The maximum Gasteiger partial charge on any atom is 0.260 e. The van der Waals surface area contributed by atoms with Crippen LogP contribution >= 0.6 is 0 Å². The Morgan fingerprint density at radius 3 is 2.50 bits per heavy atom. The smallest absolute Gasteiger partial charge is 0.260 e. The summed E-state index contributed by atoms with van der Waals surface area (Å²) in [5.41, 5.74) is 3.21. The number of ether oxygens (including phenoxy) is 1. The van der Waals surface area contributed by atoms with E-state index in [0.29, 0.717) is 12.3 Å². The Labute approximate surface area is 153 Å². The van der Waals surface area contributed by atoms with Crippen LogP contribution in [0.15, 0.2) is 67.0 Å². The number of nitrogens with zero attached hydrogens (tertiary/aromatic N) is 3. The van der Waals surface area contributed by atoms with Gasteiger partial charge in [-0.25, -0.2) is 4.68 Å². The number of amides is 1. The average molecular weight is 349 g/mol. The second-order valence-electron chi connectivity index (χ2n) is 6.16. The van der Waals surface area contributed by atoms with Crippen LogP contribution in [0, 0.1) is 0 Å². The lowest BCUT2D eigenvalue weighted by atomic mass is 10.2. The summed E-state index contributed by atoms with van der Waals surface area (Å²) in [5, 5.41) is 4.36. The predicted molar refractivity (Wildman–Crippen MR) is 101 cm³/mol. The molecule has 1 amide bonds. The largest absolute Gasteiger partial charge is 0.484 e. The molecule has 3 aromatic rings. The summed E-state index contributed by atoms with van der Waals surface area (Å²) in [5.74, 6) is 0.637. The van der Waals surface area contributed by atoms with Crippen molar-refractivity contribution in [1.29, 1.82) is 0 Å². The molecule has 26 heavy (non-hydrogen) atoms. The zero-order valence-corrected chi connectivity index (χ0v) is 15.1. The molecule has 0 bridgehead atoms. The molecule has 0 radical (unpaired) electrons. The maximum absolute atomic E-state index is 12.3. The Bertz CT molecular complexity index is 841. The minimum absolute atomic E-state index is 0.0226. The fraction of sp³-hybridized carbons (Fsp3) is 0.238. The summed E-state index contributed by atoms with van der Waals surface area (Å²) >= 11 is 0. The molecule has 1 aromatic heterocycles. The van der Waals surface area contributed by atoms with Crippen molar-refractivity contribution in [3.63, 3.8) is 0 Å². The number of hydrogen-bond acceptors (Lipinski definition) is 3. The van der Waals surface area contributed by atoms with Crippen molar-refractivity contribution >= 4 is 5.91 Å². The van der Waals surface area contributed by atoms with E-state index in [-0.39, 0.29) is 12.5 Å². The molecule has 3 rings (SSSR count). The third kappa shape index (κ3) is 4.51. The Balaban J connectivity index is 1.53. The molecule has 5 nitrogen and oxygen atoms in total. The van der Waals surface area contributed by atoms with E-state index in [1.54, 1.807) is 22.8 Å². The molecule has 0 saturated carbocycles. The van der Waals surface area contributed by atoms with E-state index < -0.39 is 0 Å².